The molecular weight excluding hydrogens is 396 g/mol. The van der Waals surface area contributed by atoms with Crippen molar-refractivity contribution in [1.82, 2.24) is 9.29 Å². The Bertz CT molecular complexity index is 1160. The molecule has 1 saturated heterocycles. The third kappa shape index (κ3) is 3.99. The van der Waals surface area contributed by atoms with Crippen molar-refractivity contribution in [3.05, 3.63) is 77.3 Å². The monoisotopic (exact) mass is 415 g/mol. The van der Waals surface area contributed by atoms with Crippen LogP contribution in [0.15, 0.2) is 60.1 Å². The molecule has 0 aliphatic carbocycles. The van der Waals surface area contributed by atoms with E-state index in [-0.39, 0.29) is 24.0 Å². The van der Waals surface area contributed by atoms with E-state index in [9.17, 15) is 17.2 Å². The number of anilines is 1. The van der Waals surface area contributed by atoms with Gasteiger partial charge in [0.15, 0.2) is 0 Å². The minimum Gasteiger partial charge on any atom is -0.368 e. The first-order chi connectivity index (χ1) is 14.0. The zero-order valence-corrected chi connectivity index (χ0v) is 16.3. The number of piperazine rings is 1. The van der Waals surface area contributed by atoms with Gasteiger partial charge >= 0.3 is 0 Å². The fourth-order valence-corrected chi connectivity index (χ4v) is 4.61. The van der Waals surface area contributed by atoms with Crippen molar-refractivity contribution in [2.75, 3.05) is 31.1 Å². The molecule has 1 aliphatic rings. The second-order valence-corrected chi connectivity index (χ2v) is 8.55. The number of hydrogen-bond acceptors (Lipinski definition) is 4. The number of fused-ring (bicyclic) bond motifs is 1. The highest BCUT2D eigenvalue weighted by Crippen LogP contribution is 2.30. The second-order valence-electron chi connectivity index (χ2n) is 6.73. The summed E-state index contributed by atoms with van der Waals surface area (Å²) in [4.78, 5) is 5.81. The Kier molecular flexibility index (Phi) is 5.29. The van der Waals surface area contributed by atoms with Crippen molar-refractivity contribution in [1.29, 1.82) is 0 Å². The zero-order chi connectivity index (χ0) is 20.4. The first kappa shape index (κ1) is 19.5. The molecule has 1 aliphatic heterocycles. The molecule has 2 aromatic carbocycles. The minimum atomic E-state index is -3.56. The van der Waals surface area contributed by atoms with Gasteiger partial charge in [0.1, 0.15) is 17.2 Å². The van der Waals surface area contributed by atoms with E-state index in [2.05, 4.69) is 4.98 Å². The van der Waals surface area contributed by atoms with Gasteiger partial charge in [-0.2, -0.15) is 4.31 Å². The first-order valence-corrected chi connectivity index (χ1v) is 10.7. The smallest absolute Gasteiger partial charge is 0.236 e. The van der Waals surface area contributed by atoms with E-state index in [0.717, 1.165) is 17.7 Å². The Hall–Kier alpha value is -2.84. The van der Waals surface area contributed by atoms with Gasteiger partial charge in [-0.25, -0.2) is 17.2 Å². The van der Waals surface area contributed by atoms with Crippen LogP contribution in [0.4, 0.5) is 14.5 Å². The van der Waals surface area contributed by atoms with Crippen LogP contribution in [0, 0.1) is 11.6 Å². The topological polar surface area (TPSA) is 53.5 Å². The number of hydrogen-bond donors (Lipinski definition) is 0. The molecule has 5 nitrogen and oxygen atoms in total. The molecule has 1 aromatic heterocycles. The van der Waals surface area contributed by atoms with Gasteiger partial charge in [-0.3, -0.25) is 4.98 Å². The van der Waals surface area contributed by atoms with Crippen LogP contribution in [0.25, 0.3) is 17.0 Å². The maximum Gasteiger partial charge on any atom is 0.236 e. The molecule has 0 atom stereocenters. The lowest BCUT2D eigenvalue weighted by atomic mass is 10.1. The lowest BCUT2D eigenvalue weighted by molar-refractivity contribution is 0.390. The van der Waals surface area contributed by atoms with Gasteiger partial charge in [-0.05, 0) is 29.8 Å². The van der Waals surface area contributed by atoms with Crippen LogP contribution in [-0.4, -0.2) is 43.9 Å². The van der Waals surface area contributed by atoms with Crippen LogP contribution in [0.3, 0.4) is 0 Å². The summed E-state index contributed by atoms with van der Waals surface area (Å²) in [5.74, 6) is -1.14. The molecule has 0 bridgehead atoms. The molecule has 4 rings (SSSR count). The molecule has 1 fully saturated rings. The number of rotatable bonds is 4. The highest BCUT2D eigenvalue weighted by atomic mass is 32.2. The third-order valence-electron chi connectivity index (χ3n) is 4.94. The van der Waals surface area contributed by atoms with Crippen LogP contribution in [0.1, 0.15) is 5.56 Å². The summed E-state index contributed by atoms with van der Waals surface area (Å²) in [5, 5.41) is 1.32. The maximum atomic E-state index is 14.4. The predicted octanol–water partition coefficient (Wildman–Crippen LogP) is 3.64. The number of pyridine rings is 1. The van der Waals surface area contributed by atoms with Crippen LogP contribution in [0.5, 0.6) is 0 Å². The van der Waals surface area contributed by atoms with Gasteiger partial charge in [0.25, 0.3) is 0 Å². The molecule has 0 saturated carbocycles. The van der Waals surface area contributed by atoms with E-state index in [4.69, 9.17) is 0 Å². The summed E-state index contributed by atoms with van der Waals surface area (Å²) < 4.78 is 55.0. The predicted molar refractivity (Wildman–Crippen MR) is 110 cm³/mol. The minimum absolute atomic E-state index is 0.0247. The van der Waals surface area contributed by atoms with E-state index >= 15 is 0 Å². The van der Waals surface area contributed by atoms with E-state index in [0.29, 0.717) is 18.8 Å². The molecule has 3 aromatic rings. The van der Waals surface area contributed by atoms with Gasteiger partial charge in [0.2, 0.25) is 10.0 Å². The van der Waals surface area contributed by atoms with E-state index in [1.165, 1.54) is 15.9 Å². The molecule has 8 heteroatoms. The summed E-state index contributed by atoms with van der Waals surface area (Å²) in [6, 6.07) is 13.0. The molecular formula is C21H19F2N3O2S. The van der Waals surface area contributed by atoms with Crippen molar-refractivity contribution in [2.24, 2.45) is 0 Å². The van der Waals surface area contributed by atoms with Crippen LogP contribution in [0.2, 0.25) is 0 Å². The summed E-state index contributed by atoms with van der Waals surface area (Å²) in [6.07, 6.45) is 3.00. The quantitative estimate of drug-likeness (QED) is 0.653. The van der Waals surface area contributed by atoms with Crippen molar-refractivity contribution >= 4 is 32.7 Å². The SMILES string of the molecule is O=S(=O)(/C=C/c1ccccc1)N1CCN(c2ccnc3c(F)ccc(F)c23)CC1. The average molecular weight is 415 g/mol. The van der Waals surface area contributed by atoms with Crippen molar-refractivity contribution < 1.29 is 17.2 Å². The lowest BCUT2D eigenvalue weighted by Gasteiger charge is -2.35. The Morgan fingerprint density at radius 3 is 2.31 bits per heavy atom. The van der Waals surface area contributed by atoms with Gasteiger partial charge in [-0.15, -0.1) is 0 Å². The van der Waals surface area contributed by atoms with Gasteiger partial charge in [0, 0.05) is 37.8 Å². The molecule has 0 radical (unpaired) electrons. The number of halogens is 2. The average Bonchev–Trinajstić information content (AvgIpc) is 2.75. The lowest BCUT2D eigenvalue weighted by Crippen LogP contribution is -2.48. The van der Waals surface area contributed by atoms with Crippen molar-refractivity contribution in [3.8, 4) is 0 Å². The molecule has 29 heavy (non-hydrogen) atoms. The molecule has 150 valence electrons. The largest absolute Gasteiger partial charge is 0.368 e. The van der Waals surface area contributed by atoms with Crippen molar-refractivity contribution in [3.63, 3.8) is 0 Å². The zero-order valence-electron chi connectivity index (χ0n) is 15.5. The molecule has 0 spiro atoms. The van der Waals surface area contributed by atoms with E-state index in [1.807, 2.05) is 35.2 Å². The van der Waals surface area contributed by atoms with Gasteiger partial charge in [0.05, 0.1) is 11.1 Å². The standard InChI is InChI=1S/C21H19F2N3O2S/c22-17-6-7-18(23)21-20(17)19(8-10-24-21)25-11-13-26(14-12-25)29(27,28)15-9-16-4-2-1-3-5-16/h1-10,15H,11-14H2/b15-9+. The van der Waals surface area contributed by atoms with Crippen LogP contribution >= 0.6 is 0 Å². The number of aromatic nitrogens is 1. The Labute approximate surface area is 167 Å². The normalized spacial score (nSPS) is 16.0. The number of nitrogens with zero attached hydrogens (tertiary/aromatic N) is 3. The van der Waals surface area contributed by atoms with Crippen molar-refractivity contribution in [2.45, 2.75) is 0 Å². The molecule has 2 heterocycles. The van der Waals surface area contributed by atoms with E-state index in [1.54, 1.807) is 12.1 Å². The summed E-state index contributed by atoms with van der Waals surface area (Å²) >= 11 is 0. The Balaban J connectivity index is 1.52. The second kappa shape index (κ2) is 7.88. The summed E-state index contributed by atoms with van der Waals surface area (Å²) in [7, 11) is -3.56. The Morgan fingerprint density at radius 1 is 0.897 bits per heavy atom. The molecule has 0 N–H and O–H groups in total. The Morgan fingerprint density at radius 2 is 1.59 bits per heavy atom. The summed E-state index contributed by atoms with van der Waals surface area (Å²) in [5.41, 5.74) is 1.29. The van der Waals surface area contributed by atoms with Gasteiger partial charge in [-0.1, -0.05) is 30.3 Å². The highest BCUT2D eigenvalue weighted by molar-refractivity contribution is 7.92. The number of benzene rings is 2. The van der Waals surface area contributed by atoms with Gasteiger partial charge < -0.3 is 4.90 Å². The van der Waals surface area contributed by atoms with E-state index < -0.39 is 21.7 Å². The first-order valence-electron chi connectivity index (χ1n) is 9.17. The van der Waals surface area contributed by atoms with Crippen LogP contribution < -0.4 is 4.90 Å². The fraction of sp³-hybridized carbons (Fsp3) is 0.190. The van der Waals surface area contributed by atoms with Crippen LogP contribution in [-0.2, 0) is 10.0 Å². The molecule has 0 amide bonds. The highest BCUT2D eigenvalue weighted by Gasteiger charge is 2.26. The summed E-state index contributed by atoms with van der Waals surface area (Å²) in [6.45, 7) is 1.24. The molecule has 0 unspecified atom stereocenters. The third-order valence-corrected chi connectivity index (χ3v) is 6.51. The number of sulfonamides is 1. The maximum absolute atomic E-state index is 14.4. The fourth-order valence-electron chi connectivity index (χ4n) is 3.44.